The van der Waals surface area contributed by atoms with E-state index >= 15 is 0 Å². The molecule has 0 saturated carbocycles. The summed E-state index contributed by atoms with van der Waals surface area (Å²) in [6.45, 7) is 13.1. The van der Waals surface area contributed by atoms with Crippen LogP contribution in [0, 0.1) is 0 Å². The molecule has 0 saturated heterocycles. The van der Waals surface area contributed by atoms with Crippen LogP contribution in [-0.2, 0) is 26.2 Å². The fourth-order valence-electron chi connectivity index (χ4n) is 8.19. The summed E-state index contributed by atoms with van der Waals surface area (Å²) in [7, 11) is 0. The summed E-state index contributed by atoms with van der Waals surface area (Å²) in [6.07, 6.45) is 35.5. The number of unbranched alkanes of at least 4 members (excludes halogenated alkanes) is 4. The fourth-order valence-corrected chi connectivity index (χ4v) is 8.19. The van der Waals surface area contributed by atoms with Crippen LogP contribution in [0.15, 0.2) is 172 Å². The molecular formula is C54H64N8+4. The lowest BCUT2D eigenvalue weighted by molar-refractivity contribution is -0.696. The van der Waals surface area contributed by atoms with Gasteiger partial charge in [-0.1, -0.05) is 102 Å². The third kappa shape index (κ3) is 9.97. The Bertz CT molecular complexity index is 2280. The molecule has 0 bridgehead atoms. The molecule has 0 amide bonds. The van der Waals surface area contributed by atoms with Crippen molar-refractivity contribution in [1.82, 2.24) is 18.3 Å². The van der Waals surface area contributed by atoms with Gasteiger partial charge >= 0.3 is 0 Å². The minimum absolute atomic E-state index is 1.03. The van der Waals surface area contributed by atoms with Crippen LogP contribution in [0.25, 0.3) is 33.9 Å². The topological polar surface area (TPSA) is 35.2 Å². The second-order valence-corrected chi connectivity index (χ2v) is 16.6. The summed E-state index contributed by atoms with van der Waals surface area (Å²) in [4.78, 5) is 0. The molecule has 0 atom stereocenters. The van der Waals surface area contributed by atoms with Gasteiger partial charge in [0.2, 0.25) is 25.3 Å². The van der Waals surface area contributed by atoms with Crippen LogP contribution in [0.2, 0.25) is 0 Å². The molecule has 4 aromatic heterocycles. The van der Waals surface area contributed by atoms with Crippen molar-refractivity contribution in [2.75, 3.05) is 0 Å². The first kappa shape index (κ1) is 42.2. The van der Waals surface area contributed by atoms with Gasteiger partial charge in [-0.25, -0.2) is 36.5 Å². The van der Waals surface area contributed by atoms with Crippen molar-refractivity contribution in [3.8, 4) is 22.7 Å². The van der Waals surface area contributed by atoms with Gasteiger partial charge in [0, 0.05) is 0 Å². The summed E-state index contributed by atoms with van der Waals surface area (Å²) >= 11 is 0. The molecule has 0 aliphatic carbocycles. The first-order chi connectivity index (χ1) is 30.5. The summed E-state index contributed by atoms with van der Waals surface area (Å²) in [5.41, 5.74) is 11.6. The molecule has 8 nitrogen and oxygen atoms in total. The number of hydrogen-bond donors (Lipinski definition) is 0. The monoisotopic (exact) mass is 825 g/mol. The number of benzene rings is 4. The molecule has 0 fully saturated rings. The molecule has 4 heterocycles. The van der Waals surface area contributed by atoms with Crippen molar-refractivity contribution in [1.29, 1.82) is 0 Å². The van der Waals surface area contributed by atoms with Crippen molar-refractivity contribution in [2.45, 2.75) is 105 Å². The highest BCUT2D eigenvalue weighted by atomic mass is 15.1. The number of aromatic nitrogens is 8. The van der Waals surface area contributed by atoms with Crippen LogP contribution < -0.4 is 18.3 Å². The van der Waals surface area contributed by atoms with E-state index < -0.39 is 0 Å². The summed E-state index contributed by atoms with van der Waals surface area (Å²) in [6, 6.07) is 36.4. The fraction of sp³-hybridized carbons (Fsp3) is 0.296. The van der Waals surface area contributed by atoms with Gasteiger partial charge in [0.05, 0.1) is 26.2 Å². The van der Waals surface area contributed by atoms with E-state index in [1.54, 1.807) is 0 Å². The summed E-state index contributed by atoms with van der Waals surface area (Å²) in [5, 5.41) is 0. The van der Waals surface area contributed by atoms with E-state index in [-0.39, 0.29) is 0 Å². The zero-order valence-corrected chi connectivity index (χ0v) is 37.2. The molecule has 8 aromatic rings. The van der Waals surface area contributed by atoms with Crippen LogP contribution in [0.5, 0.6) is 0 Å². The number of rotatable bonds is 20. The highest BCUT2D eigenvalue weighted by Crippen LogP contribution is 2.38. The lowest BCUT2D eigenvalue weighted by atomic mass is 9.85. The quantitative estimate of drug-likeness (QED) is 0.0542. The first-order valence-electron chi connectivity index (χ1n) is 23.0. The van der Waals surface area contributed by atoms with E-state index in [4.69, 9.17) is 0 Å². The second kappa shape index (κ2) is 20.3. The minimum atomic E-state index is 1.03. The highest BCUT2D eigenvalue weighted by Gasteiger charge is 2.20. The predicted molar refractivity (Wildman–Crippen MR) is 249 cm³/mol. The van der Waals surface area contributed by atoms with Crippen LogP contribution in [0.4, 0.5) is 0 Å². The smallest absolute Gasteiger partial charge is 0.236 e. The summed E-state index contributed by atoms with van der Waals surface area (Å²) < 4.78 is 18.0. The third-order valence-electron chi connectivity index (χ3n) is 11.9. The van der Waals surface area contributed by atoms with Gasteiger partial charge in [-0.3, -0.25) is 0 Å². The molecule has 4 aromatic carbocycles. The van der Waals surface area contributed by atoms with Crippen molar-refractivity contribution in [3.63, 3.8) is 0 Å². The standard InChI is InChI=1S/C54H64N8/c1-5-9-29-55-33-37-59(41-55)49-21-13-45(14-22-49)53(46-15-23-50(24-16-46)60-38-34-56(42-60)30-10-6-2)54(47-17-25-51(26-18-47)61-39-35-57(43-61)31-11-7-3)48-19-27-52(28-20-48)62-40-36-58(44-62)32-12-8-4/h13-28,33-44H,5-12,29-32H2,1-4H3/q+4. The normalized spacial score (nSPS) is 11.4. The minimum Gasteiger partial charge on any atom is -0.236 e. The average molecular weight is 825 g/mol. The molecule has 0 radical (unpaired) electrons. The largest absolute Gasteiger partial charge is 0.248 e. The Balaban J connectivity index is 1.25. The van der Waals surface area contributed by atoms with Gasteiger partial charge in [0.15, 0.2) is 0 Å². The molecule has 0 aliphatic heterocycles. The van der Waals surface area contributed by atoms with Gasteiger partial charge in [-0.15, -0.1) is 0 Å². The molecule has 62 heavy (non-hydrogen) atoms. The molecule has 0 unspecified atom stereocenters. The zero-order chi connectivity index (χ0) is 42.7. The van der Waals surface area contributed by atoms with Crippen LogP contribution in [0.1, 0.15) is 101 Å². The molecule has 0 N–H and O–H groups in total. The Morgan fingerprint density at radius 3 is 0.726 bits per heavy atom. The lowest BCUT2D eigenvalue weighted by Crippen LogP contribution is -2.30. The van der Waals surface area contributed by atoms with Gasteiger partial charge in [-0.2, -0.15) is 0 Å². The van der Waals surface area contributed by atoms with Crippen molar-refractivity contribution >= 4 is 11.1 Å². The Morgan fingerprint density at radius 2 is 0.532 bits per heavy atom. The van der Waals surface area contributed by atoms with Crippen molar-refractivity contribution < 1.29 is 18.3 Å². The van der Waals surface area contributed by atoms with Crippen molar-refractivity contribution in [3.05, 3.63) is 194 Å². The van der Waals surface area contributed by atoms with E-state index in [9.17, 15) is 0 Å². The van der Waals surface area contributed by atoms with E-state index in [0.29, 0.717) is 0 Å². The number of nitrogens with zero attached hydrogens (tertiary/aromatic N) is 8. The van der Waals surface area contributed by atoms with Crippen LogP contribution in [0.3, 0.4) is 0 Å². The van der Waals surface area contributed by atoms with E-state index in [1.807, 2.05) is 0 Å². The van der Waals surface area contributed by atoms with Gasteiger partial charge < -0.3 is 0 Å². The van der Waals surface area contributed by atoms with Gasteiger partial charge in [0.1, 0.15) is 72.3 Å². The molecule has 0 aliphatic rings. The number of hydrogen-bond acceptors (Lipinski definition) is 0. The zero-order valence-electron chi connectivity index (χ0n) is 37.2. The maximum atomic E-state index is 2.30. The Labute approximate surface area is 368 Å². The number of aryl methyl sites for hydroxylation is 4. The van der Waals surface area contributed by atoms with Gasteiger partial charge in [0.25, 0.3) is 0 Å². The molecular weight excluding hydrogens is 761 g/mol. The molecule has 8 heteroatoms. The van der Waals surface area contributed by atoms with E-state index in [1.165, 1.54) is 84.8 Å². The van der Waals surface area contributed by atoms with E-state index in [2.05, 4.69) is 236 Å². The molecule has 316 valence electrons. The third-order valence-corrected chi connectivity index (χ3v) is 11.9. The molecule has 8 rings (SSSR count). The second-order valence-electron chi connectivity index (χ2n) is 16.6. The van der Waals surface area contributed by atoms with Crippen molar-refractivity contribution in [2.24, 2.45) is 0 Å². The SMILES string of the molecule is CCCC[n+]1ccn(-c2ccc(C(=C(c3ccc(-n4cc[n+](CCCC)c4)cc3)c3ccc(-n4cc[n+](CCCC)c4)cc3)c3ccc(-n4cc[n+](CCCC)c4)cc3)cc2)c1. The maximum absolute atomic E-state index is 2.30. The lowest BCUT2D eigenvalue weighted by Gasteiger charge is -2.19. The van der Waals surface area contributed by atoms with E-state index in [0.717, 1.165) is 48.9 Å². The Kier molecular flexibility index (Phi) is 13.8. The highest BCUT2D eigenvalue weighted by molar-refractivity contribution is 6.04. The maximum Gasteiger partial charge on any atom is 0.248 e. The molecule has 0 spiro atoms. The van der Waals surface area contributed by atoms with Crippen LogP contribution in [-0.4, -0.2) is 18.3 Å². The van der Waals surface area contributed by atoms with Gasteiger partial charge in [-0.05, 0) is 108 Å². The summed E-state index contributed by atoms with van der Waals surface area (Å²) in [5.74, 6) is 0. The first-order valence-corrected chi connectivity index (χ1v) is 23.0. The van der Waals surface area contributed by atoms with Crippen LogP contribution >= 0.6 is 0 Å². The average Bonchev–Trinajstić information content (AvgIpc) is 4.17. The Hall–Kier alpha value is -6.54. The predicted octanol–water partition coefficient (Wildman–Crippen LogP) is 10.2. The Morgan fingerprint density at radius 1 is 0.323 bits per heavy atom. The number of imidazole rings is 4.